The molecule has 0 aliphatic carbocycles. The van der Waals surface area contributed by atoms with Crippen molar-refractivity contribution < 1.29 is 9.53 Å². The maximum absolute atomic E-state index is 12.2. The summed E-state index contributed by atoms with van der Waals surface area (Å²) in [4.78, 5) is 16.7. The number of aromatic nitrogens is 1. The molecule has 4 nitrogen and oxygen atoms in total. The molecule has 0 aliphatic heterocycles. The molecule has 2 aromatic carbocycles. The molecule has 0 atom stereocenters. The molecule has 24 heavy (non-hydrogen) atoms. The number of benzene rings is 2. The maximum Gasteiger partial charge on any atom is 0.230 e. The molecule has 0 unspecified atom stereocenters. The van der Waals surface area contributed by atoms with Crippen LogP contribution < -0.4 is 10.1 Å². The number of rotatable bonds is 5. The zero-order chi connectivity index (χ0) is 16.9. The number of amides is 1. The van der Waals surface area contributed by atoms with Gasteiger partial charge >= 0.3 is 0 Å². The molecule has 1 N–H and O–H groups in total. The van der Waals surface area contributed by atoms with E-state index in [1.165, 1.54) is 11.3 Å². The van der Waals surface area contributed by atoms with E-state index < -0.39 is 0 Å². The summed E-state index contributed by atoms with van der Waals surface area (Å²) in [5.41, 5.74) is 2.43. The van der Waals surface area contributed by atoms with Gasteiger partial charge in [-0.15, -0.1) is 11.3 Å². The van der Waals surface area contributed by atoms with E-state index in [0.717, 1.165) is 16.3 Å². The highest BCUT2D eigenvalue weighted by molar-refractivity contribution is 7.13. The van der Waals surface area contributed by atoms with Crippen molar-refractivity contribution >= 4 is 34.5 Å². The van der Waals surface area contributed by atoms with Crippen molar-refractivity contribution in [1.29, 1.82) is 0 Å². The molecule has 1 amide bonds. The molecule has 0 bridgehead atoms. The third-order valence-corrected chi connectivity index (χ3v) is 4.53. The summed E-state index contributed by atoms with van der Waals surface area (Å²) in [6, 6.07) is 14.7. The first-order valence-corrected chi connectivity index (χ1v) is 8.54. The van der Waals surface area contributed by atoms with E-state index in [4.69, 9.17) is 16.3 Å². The second kappa shape index (κ2) is 7.47. The fourth-order valence-corrected chi connectivity index (χ4v) is 3.14. The van der Waals surface area contributed by atoms with Crippen LogP contribution in [0, 0.1) is 0 Å². The standard InChI is InChI=1S/C18H15ClN2O2S/c1-23-16-4-2-3-14(9-16)20-17(22)10-15-11-24-18(21-15)12-5-7-13(19)8-6-12/h2-9,11H,10H2,1H3,(H,20,22). The van der Waals surface area contributed by atoms with Crippen molar-refractivity contribution in [2.24, 2.45) is 0 Å². The van der Waals surface area contributed by atoms with Gasteiger partial charge in [-0.2, -0.15) is 0 Å². The Morgan fingerprint density at radius 1 is 1.25 bits per heavy atom. The van der Waals surface area contributed by atoms with E-state index in [0.29, 0.717) is 16.5 Å². The summed E-state index contributed by atoms with van der Waals surface area (Å²) in [6.07, 6.45) is 0.224. The molecule has 3 rings (SSSR count). The van der Waals surface area contributed by atoms with Gasteiger partial charge in [0.2, 0.25) is 5.91 Å². The number of methoxy groups -OCH3 is 1. The highest BCUT2D eigenvalue weighted by Crippen LogP contribution is 2.25. The number of hydrogen-bond donors (Lipinski definition) is 1. The van der Waals surface area contributed by atoms with Gasteiger partial charge in [-0.1, -0.05) is 29.8 Å². The van der Waals surface area contributed by atoms with Crippen LogP contribution in [0.25, 0.3) is 10.6 Å². The summed E-state index contributed by atoms with van der Waals surface area (Å²) in [6.45, 7) is 0. The third kappa shape index (κ3) is 4.13. The van der Waals surface area contributed by atoms with Crippen LogP contribution in [-0.4, -0.2) is 18.0 Å². The van der Waals surface area contributed by atoms with E-state index in [1.807, 2.05) is 47.8 Å². The molecular formula is C18H15ClN2O2S. The summed E-state index contributed by atoms with van der Waals surface area (Å²) in [5, 5.41) is 6.31. The van der Waals surface area contributed by atoms with Gasteiger partial charge in [0.25, 0.3) is 0 Å². The van der Waals surface area contributed by atoms with Gasteiger partial charge < -0.3 is 10.1 Å². The van der Waals surface area contributed by atoms with Crippen LogP contribution in [0.5, 0.6) is 5.75 Å². The Hall–Kier alpha value is -2.37. The van der Waals surface area contributed by atoms with Crippen molar-refractivity contribution in [1.82, 2.24) is 4.98 Å². The zero-order valence-electron chi connectivity index (χ0n) is 13.0. The number of anilines is 1. The van der Waals surface area contributed by atoms with Gasteiger partial charge in [0.05, 0.1) is 19.2 Å². The van der Waals surface area contributed by atoms with Crippen molar-refractivity contribution in [3.05, 3.63) is 64.6 Å². The second-order valence-corrected chi connectivity index (χ2v) is 6.40. The molecule has 0 saturated heterocycles. The molecule has 0 fully saturated rings. The Labute approximate surface area is 149 Å². The number of thiazole rings is 1. The van der Waals surface area contributed by atoms with Gasteiger partial charge in [0.1, 0.15) is 10.8 Å². The number of ether oxygens (including phenoxy) is 1. The Morgan fingerprint density at radius 2 is 2.04 bits per heavy atom. The number of halogens is 1. The number of nitrogens with zero attached hydrogens (tertiary/aromatic N) is 1. The quantitative estimate of drug-likeness (QED) is 0.722. The predicted octanol–water partition coefficient (Wildman–Crippen LogP) is 4.65. The molecule has 1 aromatic heterocycles. The normalized spacial score (nSPS) is 10.4. The molecule has 0 saturated carbocycles. The van der Waals surface area contributed by atoms with Crippen LogP contribution in [0.2, 0.25) is 5.02 Å². The Morgan fingerprint density at radius 3 is 2.79 bits per heavy atom. The molecule has 6 heteroatoms. The fraction of sp³-hybridized carbons (Fsp3) is 0.111. The molecule has 3 aromatic rings. The largest absolute Gasteiger partial charge is 0.497 e. The van der Waals surface area contributed by atoms with E-state index in [2.05, 4.69) is 10.3 Å². The van der Waals surface area contributed by atoms with E-state index >= 15 is 0 Å². The van der Waals surface area contributed by atoms with E-state index in [1.54, 1.807) is 13.2 Å². The molecule has 1 heterocycles. The first kappa shape index (κ1) is 16.5. The van der Waals surface area contributed by atoms with Crippen molar-refractivity contribution in [2.45, 2.75) is 6.42 Å². The smallest absolute Gasteiger partial charge is 0.230 e. The van der Waals surface area contributed by atoms with Crippen molar-refractivity contribution in [3.8, 4) is 16.3 Å². The Balaban J connectivity index is 1.65. The van der Waals surface area contributed by atoms with Crippen molar-refractivity contribution in [2.75, 3.05) is 12.4 Å². The highest BCUT2D eigenvalue weighted by atomic mass is 35.5. The van der Waals surface area contributed by atoms with Crippen LogP contribution >= 0.6 is 22.9 Å². The molecule has 122 valence electrons. The fourth-order valence-electron chi connectivity index (χ4n) is 2.18. The van der Waals surface area contributed by atoms with Gasteiger partial charge in [-0.3, -0.25) is 4.79 Å². The minimum atomic E-state index is -0.115. The van der Waals surface area contributed by atoms with Crippen LogP contribution in [-0.2, 0) is 11.2 Å². The van der Waals surface area contributed by atoms with Gasteiger partial charge in [-0.05, 0) is 24.3 Å². The van der Waals surface area contributed by atoms with Crippen LogP contribution in [0.1, 0.15) is 5.69 Å². The third-order valence-electron chi connectivity index (χ3n) is 3.34. The zero-order valence-corrected chi connectivity index (χ0v) is 14.5. The molecular weight excluding hydrogens is 344 g/mol. The van der Waals surface area contributed by atoms with E-state index in [9.17, 15) is 4.79 Å². The van der Waals surface area contributed by atoms with Crippen LogP contribution in [0.3, 0.4) is 0 Å². The second-order valence-electron chi connectivity index (χ2n) is 5.11. The first-order valence-electron chi connectivity index (χ1n) is 7.28. The first-order chi connectivity index (χ1) is 11.6. The number of carbonyl (C=O) groups excluding carboxylic acids is 1. The maximum atomic E-state index is 12.2. The van der Waals surface area contributed by atoms with Gasteiger partial charge in [-0.25, -0.2) is 4.98 Å². The lowest BCUT2D eigenvalue weighted by atomic mass is 10.2. The molecule has 0 spiro atoms. The van der Waals surface area contributed by atoms with Crippen LogP contribution in [0.15, 0.2) is 53.9 Å². The molecule has 0 aliphatic rings. The summed E-state index contributed by atoms with van der Waals surface area (Å²) in [5.74, 6) is 0.586. The number of hydrogen-bond acceptors (Lipinski definition) is 4. The lowest BCUT2D eigenvalue weighted by molar-refractivity contribution is -0.115. The average Bonchev–Trinajstić information content (AvgIpc) is 3.04. The molecule has 0 radical (unpaired) electrons. The topological polar surface area (TPSA) is 51.2 Å². The highest BCUT2D eigenvalue weighted by Gasteiger charge is 2.10. The number of carbonyl (C=O) groups is 1. The lowest BCUT2D eigenvalue weighted by Gasteiger charge is -2.06. The SMILES string of the molecule is COc1cccc(NC(=O)Cc2csc(-c3ccc(Cl)cc3)n2)c1. The Kier molecular flexibility index (Phi) is 5.13. The minimum absolute atomic E-state index is 0.115. The summed E-state index contributed by atoms with van der Waals surface area (Å²) in [7, 11) is 1.59. The van der Waals surface area contributed by atoms with E-state index in [-0.39, 0.29) is 12.3 Å². The number of nitrogens with one attached hydrogen (secondary N) is 1. The Bertz CT molecular complexity index is 846. The lowest BCUT2D eigenvalue weighted by Crippen LogP contribution is -2.14. The summed E-state index contributed by atoms with van der Waals surface area (Å²) < 4.78 is 5.14. The average molecular weight is 359 g/mol. The predicted molar refractivity (Wildman–Crippen MR) is 97.9 cm³/mol. The minimum Gasteiger partial charge on any atom is -0.497 e. The van der Waals surface area contributed by atoms with Crippen LogP contribution in [0.4, 0.5) is 5.69 Å². The van der Waals surface area contributed by atoms with Gasteiger partial charge in [0, 0.05) is 27.7 Å². The van der Waals surface area contributed by atoms with Crippen molar-refractivity contribution in [3.63, 3.8) is 0 Å². The monoisotopic (exact) mass is 358 g/mol. The van der Waals surface area contributed by atoms with Gasteiger partial charge in [0.15, 0.2) is 0 Å². The summed E-state index contributed by atoms with van der Waals surface area (Å²) >= 11 is 7.40.